The number of anilines is 18. The van der Waals surface area contributed by atoms with E-state index >= 15 is 0 Å². The first-order chi connectivity index (χ1) is 64.2. The predicted molar refractivity (Wildman–Crippen MR) is 556 cm³/mol. The highest BCUT2D eigenvalue weighted by Crippen LogP contribution is 2.66. The molecule has 0 radical (unpaired) electrons. The zero-order valence-corrected chi connectivity index (χ0v) is 75.1. The molecular weight excluding hydrogens is 1590 g/mol. The van der Waals surface area contributed by atoms with E-state index in [0.717, 1.165) is 102 Å². The fourth-order valence-corrected chi connectivity index (χ4v) is 19.5. The van der Waals surface area contributed by atoms with E-state index in [9.17, 15) is 0 Å². The van der Waals surface area contributed by atoms with Gasteiger partial charge < -0.3 is 29.4 Å². The second-order valence-corrected chi connectivity index (χ2v) is 35.1. The predicted octanol–water partition coefficient (Wildman–Crippen LogP) is 35.0. The van der Waals surface area contributed by atoms with Crippen LogP contribution >= 0.6 is 0 Å². The molecule has 6 heteroatoms. The van der Waals surface area contributed by atoms with Gasteiger partial charge in [0.2, 0.25) is 0 Å². The minimum absolute atomic E-state index is 0.843. The third kappa shape index (κ3) is 15.6. The Morgan fingerprint density at radius 3 is 0.565 bits per heavy atom. The Hall–Kier alpha value is -16.3. The highest BCUT2D eigenvalue weighted by Gasteiger charge is 2.53. The molecule has 0 N–H and O–H groups in total. The Morgan fingerprint density at radius 2 is 0.328 bits per heavy atom. The highest BCUT2D eigenvalue weighted by molar-refractivity contribution is 6.03. The van der Waals surface area contributed by atoms with E-state index in [1.54, 1.807) is 0 Å². The molecule has 2 aliphatic rings. The Kier molecular flexibility index (Phi) is 21.7. The molecule has 2 aliphatic carbocycles. The topological polar surface area (TPSA) is 19.4 Å². The maximum absolute atomic E-state index is 2.53. The molecule has 0 bridgehead atoms. The lowest BCUT2D eigenvalue weighted by molar-refractivity contribution is 0.793. The number of benzene rings is 20. The van der Waals surface area contributed by atoms with Gasteiger partial charge in [-0.15, -0.1) is 0 Å². The van der Waals surface area contributed by atoms with Crippen molar-refractivity contribution in [1.82, 2.24) is 0 Å². The van der Waals surface area contributed by atoms with E-state index < -0.39 is 5.41 Å². The first-order valence-corrected chi connectivity index (χ1v) is 45.4. The van der Waals surface area contributed by atoms with Crippen LogP contribution in [-0.2, 0) is 5.41 Å². The Morgan fingerprint density at radius 1 is 0.145 bits per heavy atom. The van der Waals surface area contributed by atoms with Crippen LogP contribution in [0.3, 0.4) is 0 Å². The minimum Gasteiger partial charge on any atom is -0.310 e. The maximum Gasteiger partial charge on any atom is 0.0728 e. The smallest absolute Gasteiger partial charge is 0.0728 e. The van der Waals surface area contributed by atoms with Crippen LogP contribution in [-0.4, -0.2) is 0 Å². The van der Waals surface area contributed by atoms with E-state index in [0.29, 0.717) is 0 Å². The van der Waals surface area contributed by atoms with E-state index in [1.165, 1.54) is 122 Å². The van der Waals surface area contributed by atoms with Gasteiger partial charge in [-0.1, -0.05) is 299 Å². The fraction of sp³-hybridized carbons (Fsp3) is 0.0720. The maximum atomic E-state index is 2.53. The lowest BCUT2D eigenvalue weighted by Gasteiger charge is -2.35. The summed E-state index contributed by atoms with van der Waals surface area (Å²) in [5, 5.41) is 4.90. The lowest BCUT2D eigenvalue weighted by Crippen LogP contribution is -2.27. The first-order valence-electron chi connectivity index (χ1n) is 45.4. The van der Waals surface area contributed by atoms with Crippen LogP contribution < -0.4 is 29.4 Å². The number of para-hydroxylation sites is 2. The van der Waals surface area contributed by atoms with Gasteiger partial charge in [-0.05, 0) is 328 Å². The van der Waals surface area contributed by atoms with Gasteiger partial charge >= 0.3 is 0 Å². The summed E-state index contributed by atoms with van der Waals surface area (Å²) in [7, 11) is 0. The summed E-state index contributed by atoms with van der Waals surface area (Å²) < 4.78 is 0. The van der Waals surface area contributed by atoms with Gasteiger partial charge in [-0.2, -0.15) is 0 Å². The van der Waals surface area contributed by atoms with Crippen molar-refractivity contribution in [2.75, 3.05) is 29.4 Å². The van der Waals surface area contributed by atoms with Crippen molar-refractivity contribution in [1.29, 1.82) is 0 Å². The number of hydrogen-bond acceptors (Lipinski definition) is 6. The van der Waals surface area contributed by atoms with Crippen LogP contribution in [0.1, 0.15) is 66.8 Å². The van der Waals surface area contributed by atoms with Gasteiger partial charge in [0.25, 0.3) is 0 Å². The Labute approximate surface area is 770 Å². The van der Waals surface area contributed by atoms with Gasteiger partial charge in [0.1, 0.15) is 0 Å². The average molecular weight is 1690 g/mol. The third-order valence-electron chi connectivity index (χ3n) is 26.2. The number of fused-ring (bicyclic) bond motifs is 12. The van der Waals surface area contributed by atoms with E-state index in [4.69, 9.17) is 0 Å². The summed E-state index contributed by atoms with van der Waals surface area (Å²) in [6.07, 6.45) is 0. The molecule has 20 aromatic carbocycles. The molecule has 0 saturated carbocycles. The van der Waals surface area contributed by atoms with Crippen LogP contribution in [0.15, 0.2) is 461 Å². The SMILES string of the molecule is Cc1ccc(N(c2ccc(C)cc2)c2ccc3c(c2)C2(c4cc(N(c5ccc(C)cc5)c5ccc(C)cc5)ccc4-3)c3cc(N(c4ccc(C)cc4)c4ccc(C)cc4)ccc3-c3ccc(N(c4ccc(C)cc4)c4ccc(C)cc4)cc32)cc1.c1ccc(N(c2ccc(-c3ccc(N(c4ccccc4)c4cccc5ccccc45)cc3)cc2)c2cccc3ccccc23)cc1. The lowest BCUT2D eigenvalue weighted by atomic mass is 9.70. The van der Waals surface area contributed by atoms with Gasteiger partial charge in [0.05, 0.1) is 16.8 Å². The first kappa shape index (κ1) is 81.7. The molecule has 20 aromatic rings. The summed E-state index contributed by atoms with van der Waals surface area (Å²) in [5.74, 6) is 0. The van der Waals surface area contributed by atoms with Gasteiger partial charge in [0.15, 0.2) is 0 Å². The van der Waals surface area contributed by atoms with Crippen LogP contribution in [0.25, 0.3) is 54.9 Å². The summed E-state index contributed by atoms with van der Waals surface area (Å²) in [6, 6.07) is 170. The number of hydrogen-bond donors (Lipinski definition) is 0. The monoisotopic (exact) mass is 1680 g/mol. The summed E-state index contributed by atoms with van der Waals surface area (Å²) in [4.78, 5) is 14.4. The number of aryl methyl sites for hydroxylation is 8. The summed E-state index contributed by atoms with van der Waals surface area (Å²) in [6.45, 7) is 17.3. The van der Waals surface area contributed by atoms with E-state index in [-0.39, 0.29) is 0 Å². The second-order valence-electron chi connectivity index (χ2n) is 35.1. The molecule has 0 aromatic heterocycles. The van der Waals surface area contributed by atoms with Crippen molar-refractivity contribution in [2.24, 2.45) is 0 Å². The summed E-state index contributed by atoms with van der Waals surface area (Å²) >= 11 is 0. The molecule has 0 amide bonds. The Balaban J connectivity index is 0.000000189. The molecule has 0 atom stereocenters. The molecule has 0 fully saturated rings. The molecule has 22 rings (SSSR count). The van der Waals surface area contributed by atoms with Gasteiger partial charge in [-0.3, -0.25) is 0 Å². The zero-order valence-electron chi connectivity index (χ0n) is 75.1. The second kappa shape index (κ2) is 34.8. The molecule has 0 saturated heterocycles. The number of nitrogens with zero attached hydrogens (tertiary/aromatic N) is 6. The molecule has 1 spiro atoms. The van der Waals surface area contributed by atoms with Crippen molar-refractivity contribution < 1.29 is 0 Å². The van der Waals surface area contributed by atoms with Crippen LogP contribution in [0, 0.1) is 55.4 Å². The van der Waals surface area contributed by atoms with Crippen molar-refractivity contribution in [3.8, 4) is 33.4 Å². The molecule has 0 aliphatic heterocycles. The van der Waals surface area contributed by atoms with Gasteiger partial charge in [0, 0.05) is 102 Å². The largest absolute Gasteiger partial charge is 0.310 e. The molecular formula is C125H100N6. The minimum atomic E-state index is -0.843. The van der Waals surface area contributed by atoms with Crippen molar-refractivity contribution >= 4 is 124 Å². The van der Waals surface area contributed by atoms with Gasteiger partial charge in [-0.25, -0.2) is 0 Å². The highest BCUT2D eigenvalue weighted by atomic mass is 15.2. The quantitative estimate of drug-likeness (QED) is 0.0798. The van der Waals surface area contributed by atoms with Crippen LogP contribution in [0.4, 0.5) is 102 Å². The van der Waals surface area contributed by atoms with E-state index in [1.807, 2.05) is 0 Å². The molecule has 6 nitrogen and oxygen atoms in total. The zero-order chi connectivity index (χ0) is 88.8. The Bertz CT molecular complexity index is 6610. The molecule has 0 unspecified atom stereocenters. The standard InChI is InChI=1S/C81H68N4.C44H32N2/c1-53-9-25-61(26-10-53)82(62-27-11-54(2)12-28-62)69-41-45-73-74-46-42-70(83(63-29-13-55(3)14-30-63)64-31-15-56(4)16-32-64)50-78(74)81(77(73)49-69)79-51-71(84(65-33-17-57(5)18-34-65)66-35-19-58(6)20-36-66)43-47-75(79)76-48-44-72(52-80(76)81)85(67-37-21-59(7)22-38-67)68-39-23-60(8)24-40-68;1-3-17-37(18-4-1)45(43-23-11-15-35-13-7-9-21-41(35)43)39-29-25-33(26-30-39)34-27-31-40(32-28-34)46(38-19-5-2-6-20-38)44-24-12-16-36-14-8-10-22-42(36)44/h9-52H,1-8H3;1-32H. The molecule has 0 heterocycles. The third-order valence-corrected chi connectivity index (χ3v) is 26.2. The van der Waals surface area contributed by atoms with Crippen molar-refractivity contribution in [2.45, 2.75) is 60.8 Å². The summed E-state index contributed by atoms with van der Waals surface area (Å²) in [5.41, 5.74) is 41.1. The van der Waals surface area contributed by atoms with Crippen LogP contribution in [0.2, 0.25) is 0 Å². The van der Waals surface area contributed by atoms with Crippen molar-refractivity contribution in [3.05, 3.63) is 528 Å². The van der Waals surface area contributed by atoms with Crippen LogP contribution in [0.5, 0.6) is 0 Å². The number of rotatable bonds is 19. The molecule has 131 heavy (non-hydrogen) atoms. The normalized spacial score (nSPS) is 11.9. The molecule has 630 valence electrons. The van der Waals surface area contributed by atoms with Crippen molar-refractivity contribution in [3.63, 3.8) is 0 Å². The van der Waals surface area contributed by atoms with E-state index in [2.05, 4.69) is 546 Å². The average Bonchev–Trinajstić information content (AvgIpc) is 1.50. The fourth-order valence-electron chi connectivity index (χ4n) is 19.5.